The van der Waals surface area contributed by atoms with Crippen LogP contribution in [0.25, 0.3) is 0 Å². The molecule has 0 amide bonds. The third-order valence-corrected chi connectivity index (χ3v) is 3.24. The molecule has 0 aliphatic heterocycles. The minimum atomic E-state index is -0.0950. The Morgan fingerprint density at radius 1 is 0.895 bits per heavy atom. The predicted octanol–water partition coefficient (Wildman–Crippen LogP) is 4.04. The monoisotopic (exact) mass is 257 g/mol. The minimum absolute atomic E-state index is 0.0950. The molecule has 2 aromatic rings. The van der Waals surface area contributed by atoms with Gasteiger partial charge in [0.05, 0.1) is 0 Å². The van der Waals surface area contributed by atoms with Crippen molar-refractivity contribution < 1.29 is 4.39 Å². The number of hydrogen-bond donors (Lipinski definition) is 1. The van der Waals surface area contributed by atoms with E-state index in [2.05, 4.69) is 36.5 Å². The lowest BCUT2D eigenvalue weighted by Gasteiger charge is -2.09. The van der Waals surface area contributed by atoms with Crippen molar-refractivity contribution in [1.82, 2.24) is 5.32 Å². The highest BCUT2D eigenvalue weighted by molar-refractivity contribution is 5.30. The van der Waals surface area contributed by atoms with Gasteiger partial charge in [0.1, 0.15) is 5.82 Å². The third kappa shape index (κ3) is 3.65. The number of aryl methyl sites for hydroxylation is 3. The van der Waals surface area contributed by atoms with E-state index in [-0.39, 0.29) is 5.82 Å². The molecule has 19 heavy (non-hydrogen) atoms. The van der Waals surface area contributed by atoms with Crippen molar-refractivity contribution in [2.75, 3.05) is 0 Å². The van der Waals surface area contributed by atoms with Crippen LogP contribution in [0.2, 0.25) is 0 Å². The van der Waals surface area contributed by atoms with E-state index < -0.39 is 0 Å². The molecule has 1 nitrogen and oxygen atoms in total. The van der Waals surface area contributed by atoms with Crippen LogP contribution in [0.5, 0.6) is 0 Å². The van der Waals surface area contributed by atoms with Gasteiger partial charge in [0.25, 0.3) is 0 Å². The maximum Gasteiger partial charge on any atom is 0.129 e. The molecule has 100 valence electrons. The molecule has 0 aliphatic rings. The Balaban J connectivity index is 1.96. The van der Waals surface area contributed by atoms with E-state index in [1.165, 1.54) is 11.1 Å². The molecule has 0 radical (unpaired) electrons. The number of nitrogens with one attached hydrogen (secondary N) is 1. The Morgan fingerprint density at radius 2 is 1.53 bits per heavy atom. The van der Waals surface area contributed by atoms with Gasteiger partial charge in [-0.05, 0) is 43.0 Å². The summed E-state index contributed by atoms with van der Waals surface area (Å²) in [6.45, 7) is 7.31. The van der Waals surface area contributed by atoms with Crippen LogP contribution in [-0.2, 0) is 13.1 Å². The molecule has 0 heterocycles. The zero-order chi connectivity index (χ0) is 13.8. The van der Waals surface area contributed by atoms with Crippen molar-refractivity contribution in [2.45, 2.75) is 33.9 Å². The fourth-order valence-electron chi connectivity index (χ4n) is 2.31. The molecule has 0 spiro atoms. The zero-order valence-electron chi connectivity index (χ0n) is 11.8. The average Bonchev–Trinajstić information content (AvgIpc) is 2.36. The van der Waals surface area contributed by atoms with Crippen LogP contribution in [0.4, 0.5) is 4.39 Å². The summed E-state index contributed by atoms with van der Waals surface area (Å²) in [4.78, 5) is 0. The summed E-state index contributed by atoms with van der Waals surface area (Å²) in [7, 11) is 0. The largest absolute Gasteiger partial charge is 0.309 e. The molecular weight excluding hydrogens is 237 g/mol. The topological polar surface area (TPSA) is 12.0 Å². The van der Waals surface area contributed by atoms with Gasteiger partial charge in [0.2, 0.25) is 0 Å². The van der Waals surface area contributed by atoms with Crippen molar-refractivity contribution in [1.29, 1.82) is 0 Å². The normalized spacial score (nSPS) is 10.7. The number of halogens is 1. The van der Waals surface area contributed by atoms with Crippen molar-refractivity contribution >= 4 is 0 Å². The van der Waals surface area contributed by atoms with Crippen molar-refractivity contribution in [2.24, 2.45) is 0 Å². The van der Waals surface area contributed by atoms with Gasteiger partial charge in [0.15, 0.2) is 0 Å². The molecule has 0 unspecified atom stereocenters. The second-order valence-corrected chi connectivity index (χ2v) is 5.14. The molecule has 0 aromatic heterocycles. The molecule has 0 saturated heterocycles. The number of benzene rings is 2. The van der Waals surface area contributed by atoms with Crippen LogP contribution in [-0.4, -0.2) is 0 Å². The van der Waals surface area contributed by atoms with Gasteiger partial charge in [-0.25, -0.2) is 4.39 Å². The van der Waals surface area contributed by atoms with Gasteiger partial charge in [-0.15, -0.1) is 0 Å². The van der Waals surface area contributed by atoms with Crippen LogP contribution in [0.1, 0.15) is 27.8 Å². The Morgan fingerprint density at radius 3 is 2.16 bits per heavy atom. The third-order valence-electron chi connectivity index (χ3n) is 3.24. The Kier molecular flexibility index (Phi) is 4.33. The molecular formula is C17H20FN. The fraction of sp³-hybridized carbons (Fsp3) is 0.294. The number of rotatable bonds is 4. The summed E-state index contributed by atoms with van der Waals surface area (Å²) in [5.74, 6) is -0.0950. The fourth-order valence-corrected chi connectivity index (χ4v) is 2.31. The van der Waals surface area contributed by atoms with E-state index in [0.29, 0.717) is 11.1 Å². The number of hydrogen-bond acceptors (Lipinski definition) is 1. The van der Waals surface area contributed by atoms with E-state index in [1.54, 1.807) is 0 Å². The smallest absolute Gasteiger partial charge is 0.129 e. The summed E-state index contributed by atoms with van der Waals surface area (Å²) in [5, 5.41) is 3.40. The molecule has 1 N–H and O–H groups in total. The van der Waals surface area contributed by atoms with E-state index in [1.807, 2.05) is 26.0 Å². The maximum absolute atomic E-state index is 13.5. The Labute approximate surface area is 114 Å². The first-order valence-electron chi connectivity index (χ1n) is 6.58. The van der Waals surface area contributed by atoms with Crippen LogP contribution in [0, 0.1) is 26.6 Å². The van der Waals surface area contributed by atoms with Crippen LogP contribution >= 0.6 is 0 Å². The quantitative estimate of drug-likeness (QED) is 0.871. The molecule has 2 rings (SSSR count). The molecule has 0 aliphatic carbocycles. The van der Waals surface area contributed by atoms with Crippen molar-refractivity contribution in [3.05, 3.63) is 70.0 Å². The van der Waals surface area contributed by atoms with Gasteiger partial charge in [-0.3, -0.25) is 0 Å². The predicted molar refractivity (Wildman–Crippen MR) is 77.6 cm³/mol. The first-order chi connectivity index (χ1) is 9.06. The van der Waals surface area contributed by atoms with E-state index >= 15 is 0 Å². The lowest BCUT2D eigenvalue weighted by molar-refractivity contribution is 0.606. The summed E-state index contributed by atoms with van der Waals surface area (Å²) >= 11 is 0. The lowest BCUT2D eigenvalue weighted by Crippen LogP contribution is -2.13. The van der Waals surface area contributed by atoms with Gasteiger partial charge in [-0.2, -0.15) is 0 Å². The van der Waals surface area contributed by atoms with E-state index in [9.17, 15) is 4.39 Å². The first-order valence-corrected chi connectivity index (χ1v) is 6.58. The SMILES string of the molecule is Cc1cccc(CNCc2cc(C)c(F)c(C)c2)c1. The van der Waals surface area contributed by atoms with Crippen LogP contribution in [0.3, 0.4) is 0 Å². The first kappa shape index (κ1) is 13.8. The Hall–Kier alpha value is -1.67. The van der Waals surface area contributed by atoms with Gasteiger partial charge < -0.3 is 5.32 Å². The highest BCUT2D eigenvalue weighted by atomic mass is 19.1. The van der Waals surface area contributed by atoms with Gasteiger partial charge in [0, 0.05) is 13.1 Å². The summed E-state index contributed by atoms with van der Waals surface area (Å²) in [6, 6.07) is 12.3. The second kappa shape index (κ2) is 5.98. The van der Waals surface area contributed by atoms with Crippen molar-refractivity contribution in [3.8, 4) is 0 Å². The zero-order valence-corrected chi connectivity index (χ0v) is 11.8. The molecule has 2 heteroatoms. The van der Waals surface area contributed by atoms with Gasteiger partial charge >= 0.3 is 0 Å². The second-order valence-electron chi connectivity index (χ2n) is 5.14. The maximum atomic E-state index is 13.5. The minimum Gasteiger partial charge on any atom is -0.309 e. The average molecular weight is 257 g/mol. The molecule has 2 aromatic carbocycles. The van der Waals surface area contributed by atoms with E-state index in [0.717, 1.165) is 18.7 Å². The molecule has 0 bridgehead atoms. The lowest BCUT2D eigenvalue weighted by atomic mass is 10.1. The highest BCUT2D eigenvalue weighted by Gasteiger charge is 2.04. The summed E-state index contributed by atoms with van der Waals surface area (Å²) < 4.78 is 13.5. The van der Waals surface area contributed by atoms with Crippen molar-refractivity contribution in [3.63, 3.8) is 0 Å². The van der Waals surface area contributed by atoms with Crippen LogP contribution in [0.15, 0.2) is 36.4 Å². The summed E-state index contributed by atoms with van der Waals surface area (Å²) in [5.41, 5.74) is 5.10. The summed E-state index contributed by atoms with van der Waals surface area (Å²) in [6.07, 6.45) is 0. The standard InChI is InChI=1S/C17H20FN/c1-12-5-4-6-15(7-12)10-19-11-16-8-13(2)17(18)14(3)9-16/h4-9,19H,10-11H2,1-3H3. The van der Waals surface area contributed by atoms with Gasteiger partial charge in [-0.1, -0.05) is 42.0 Å². The molecule has 0 saturated carbocycles. The van der Waals surface area contributed by atoms with Crippen LogP contribution < -0.4 is 5.32 Å². The Bertz CT molecular complexity index is 552. The highest BCUT2D eigenvalue weighted by Crippen LogP contribution is 2.14. The van der Waals surface area contributed by atoms with E-state index in [4.69, 9.17) is 0 Å². The molecule has 0 fully saturated rings. The molecule has 0 atom stereocenters.